The fourth-order valence-electron chi connectivity index (χ4n) is 4.40. The van der Waals surface area contributed by atoms with Crippen LogP contribution in [0.1, 0.15) is 44.4 Å². The van der Waals surface area contributed by atoms with Crippen LogP contribution < -0.4 is 5.43 Å². The Balaban J connectivity index is 1.34. The van der Waals surface area contributed by atoms with E-state index in [4.69, 9.17) is 27.6 Å². The van der Waals surface area contributed by atoms with E-state index in [1.807, 2.05) is 32.2 Å². The van der Waals surface area contributed by atoms with Gasteiger partial charge < -0.3 is 4.42 Å². The molecule has 12 heteroatoms. The molecular formula is C30H27Cl2N5O4S. The first-order valence-corrected chi connectivity index (χ1v) is 15.1. The molecule has 0 unspecified atom stereocenters. The number of hydrogen-bond donors (Lipinski definition) is 1. The number of furan rings is 1. The van der Waals surface area contributed by atoms with Gasteiger partial charge in [0.15, 0.2) is 0 Å². The number of carbonyl (C=O) groups is 1. The maximum absolute atomic E-state index is 13.7. The number of halogens is 2. The highest BCUT2D eigenvalue weighted by atomic mass is 35.5. The average molecular weight is 625 g/mol. The van der Waals surface area contributed by atoms with Crippen molar-refractivity contribution in [1.82, 2.24) is 19.1 Å². The molecule has 0 saturated carbocycles. The largest absolute Gasteiger partial charge is 0.459 e. The van der Waals surface area contributed by atoms with Gasteiger partial charge >= 0.3 is 0 Å². The molecule has 216 valence electrons. The first-order chi connectivity index (χ1) is 20.0. The summed E-state index contributed by atoms with van der Waals surface area (Å²) in [6.07, 6.45) is 3.18. The third-order valence-corrected chi connectivity index (χ3v) is 9.07. The molecule has 0 fully saturated rings. The Bertz CT molecular complexity index is 1910. The van der Waals surface area contributed by atoms with Crippen LogP contribution in [-0.2, 0) is 23.1 Å². The van der Waals surface area contributed by atoms with Gasteiger partial charge in [0.2, 0.25) is 10.0 Å². The normalized spacial score (nSPS) is 12.0. The topological polar surface area (TPSA) is 109 Å². The first-order valence-electron chi connectivity index (χ1n) is 12.9. The highest BCUT2D eigenvalue weighted by Gasteiger charge is 2.26. The van der Waals surface area contributed by atoms with Gasteiger partial charge in [0.05, 0.1) is 33.4 Å². The van der Waals surface area contributed by atoms with E-state index in [0.717, 1.165) is 11.1 Å². The van der Waals surface area contributed by atoms with Crippen molar-refractivity contribution in [2.45, 2.75) is 38.8 Å². The molecule has 3 aromatic heterocycles. The summed E-state index contributed by atoms with van der Waals surface area (Å²) in [5.74, 6) is 0.287. The second-order valence-corrected chi connectivity index (χ2v) is 12.6. The Hall–Kier alpha value is -3.96. The van der Waals surface area contributed by atoms with Crippen LogP contribution in [0.4, 0.5) is 0 Å². The van der Waals surface area contributed by atoms with Crippen molar-refractivity contribution in [3.8, 4) is 0 Å². The van der Waals surface area contributed by atoms with Gasteiger partial charge in [0.25, 0.3) is 5.91 Å². The number of hydrazone groups is 1. The zero-order valence-corrected chi connectivity index (χ0v) is 25.3. The van der Waals surface area contributed by atoms with E-state index < -0.39 is 15.9 Å². The molecule has 42 heavy (non-hydrogen) atoms. The van der Waals surface area contributed by atoms with Crippen molar-refractivity contribution in [2.75, 3.05) is 0 Å². The fourth-order valence-corrected chi connectivity index (χ4v) is 6.11. The van der Waals surface area contributed by atoms with Crippen molar-refractivity contribution in [3.05, 3.63) is 123 Å². The summed E-state index contributed by atoms with van der Waals surface area (Å²) in [6, 6.07) is 18.7. The molecule has 1 amide bonds. The highest BCUT2D eigenvalue weighted by molar-refractivity contribution is 7.89. The van der Waals surface area contributed by atoms with Gasteiger partial charge in [-0.1, -0.05) is 53.0 Å². The van der Waals surface area contributed by atoms with Gasteiger partial charge in [-0.05, 0) is 74.4 Å². The minimum atomic E-state index is -3.91. The van der Waals surface area contributed by atoms with Crippen molar-refractivity contribution >= 4 is 51.0 Å². The van der Waals surface area contributed by atoms with Crippen LogP contribution in [0.25, 0.3) is 5.65 Å². The molecule has 1 N–H and O–H groups in total. The molecule has 0 spiro atoms. The Morgan fingerprint density at radius 3 is 2.45 bits per heavy atom. The minimum absolute atomic E-state index is 0.0331. The predicted octanol–water partition coefficient (Wildman–Crippen LogP) is 6.31. The van der Waals surface area contributed by atoms with Crippen molar-refractivity contribution in [2.24, 2.45) is 5.10 Å². The van der Waals surface area contributed by atoms with Crippen molar-refractivity contribution in [1.29, 1.82) is 0 Å². The van der Waals surface area contributed by atoms with Gasteiger partial charge in [-0.3, -0.25) is 9.20 Å². The molecule has 9 nitrogen and oxygen atoms in total. The Labute approximate surface area is 253 Å². The van der Waals surface area contributed by atoms with Gasteiger partial charge in [-0.2, -0.15) is 9.41 Å². The van der Waals surface area contributed by atoms with Crippen LogP contribution in [0.3, 0.4) is 0 Å². The predicted molar refractivity (Wildman–Crippen MR) is 163 cm³/mol. The molecule has 0 atom stereocenters. The molecule has 0 bridgehead atoms. The Morgan fingerprint density at radius 1 is 0.976 bits per heavy atom. The monoisotopic (exact) mass is 623 g/mol. The number of aromatic nitrogens is 2. The van der Waals surface area contributed by atoms with Gasteiger partial charge in [-0.15, -0.1) is 0 Å². The first kappa shape index (κ1) is 29.5. The number of hydrogen-bond acceptors (Lipinski definition) is 6. The Morgan fingerprint density at radius 2 is 1.71 bits per heavy atom. The van der Waals surface area contributed by atoms with Crippen LogP contribution in [-0.4, -0.2) is 34.2 Å². The number of aryl methyl sites for hydroxylation is 3. The Kier molecular flexibility index (Phi) is 8.51. The van der Waals surface area contributed by atoms with Gasteiger partial charge in [0.1, 0.15) is 22.9 Å². The lowest BCUT2D eigenvalue weighted by atomic mass is 10.2. The number of nitrogens with one attached hydrogen (secondary N) is 1. The maximum atomic E-state index is 13.7. The zero-order valence-electron chi connectivity index (χ0n) is 23.0. The lowest BCUT2D eigenvalue weighted by Gasteiger charge is -2.22. The summed E-state index contributed by atoms with van der Waals surface area (Å²) in [5.41, 5.74) is 6.71. The highest BCUT2D eigenvalue weighted by Crippen LogP contribution is 2.26. The average Bonchev–Trinajstić information content (AvgIpc) is 3.53. The molecule has 0 aliphatic rings. The number of amides is 1. The summed E-state index contributed by atoms with van der Waals surface area (Å²) in [6.45, 7) is 5.55. The summed E-state index contributed by atoms with van der Waals surface area (Å²) in [7, 11) is -3.91. The van der Waals surface area contributed by atoms with Crippen LogP contribution in [0, 0.1) is 20.8 Å². The van der Waals surface area contributed by atoms with E-state index in [1.54, 1.807) is 65.9 Å². The zero-order chi connectivity index (χ0) is 30.0. The van der Waals surface area contributed by atoms with E-state index in [0.29, 0.717) is 44.2 Å². The fraction of sp³-hybridized carbons (Fsp3) is 0.167. The standard InChI is InChI=1S/C30H27Cl2N5O4S/c1-19-4-10-25(11-5-19)42(39,40)36(17-22-7-12-26(31)27(32)14-22)18-24-9-8-23(41-24)15-33-35-30(38)29-21(3)34-28-13-6-20(2)16-37(28)29/h4-16H,17-18H2,1-3H3,(H,35,38)/b33-15+. The summed E-state index contributed by atoms with van der Waals surface area (Å²) in [4.78, 5) is 17.4. The number of imidazole rings is 1. The van der Waals surface area contributed by atoms with Crippen LogP contribution in [0.2, 0.25) is 10.0 Å². The van der Waals surface area contributed by atoms with Crippen LogP contribution >= 0.6 is 23.2 Å². The molecular weight excluding hydrogens is 597 g/mol. The van der Waals surface area contributed by atoms with E-state index in [9.17, 15) is 13.2 Å². The number of pyridine rings is 1. The van der Waals surface area contributed by atoms with Crippen molar-refractivity contribution < 1.29 is 17.6 Å². The number of carbonyl (C=O) groups excluding carboxylic acids is 1. The number of benzene rings is 2. The summed E-state index contributed by atoms with van der Waals surface area (Å²) < 4.78 is 36.2. The van der Waals surface area contributed by atoms with Crippen LogP contribution in [0.5, 0.6) is 0 Å². The van der Waals surface area contributed by atoms with Crippen molar-refractivity contribution in [3.63, 3.8) is 0 Å². The number of rotatable bonds is 9. The second-order valence-electron chi connectivity index (χ2n) is 9.82. The third kappa shape index (κ3) is 6.42. The molecule has 3 heterocycles. The summed E-state index contributed by atoms with van der Waals surface area (Å²) >= 11 is 12.2. The van der Waals surface area contributed by atoms with Gasteiger partial charge in [0, 0.05) is 12.7 Å². The second kappa shape index (κ2) is 12.1. The quantitative estimate of drug-likeness (QED) is 0.153. The van der Waals surface area contributed by atoms with E-state index in [-0.39, 0.29) is 18.0 Å². The molecule has 5 rings (SSSR count). The third-order valence-electron chi connectivity index (χ3n) is 6.53. The van der Waals surface area contributed by atoms with E-state index in [2.05, 4.69) is 15.5 Å². The SMILES string of the molecule is Cc1ccc(S(=O)(=O)N(Cc2ccc(Cl)c(Cl)c2)Cc2ccc(/C=N/NC(=O)c3c(C)nc4ccc(C)cn34)o2)cc1. The number of fused-ring (bicyclic) bond motifs is 1. The molecule has 2 aromatic carbocycles. The summed E-state index contributed by atoms with van der Waals surface area (Å²) in [5, 5.41) is 4.74. The number of sulfonamides is 1. The lowest BCUT2D eigenvalue weighted by molar-refractivity contribution is 0.0948. The van der Waals surface area contributed by atoms with E-state index >= 15 is 0 Å². The van der Waals surface area contributed by atoms with Gasteiger partial charge in [-0.25, -0.2) is 18.8 Å². The molecule has 0 saturated heterocycles. The lowest BCUT2D eigenvalue weighted by Crippen LogP contribution is -2.30. The number of nitrogens with zero attached hydrogens (tertiary/aromatic N) is 4. The molecule has 0 radical (unpaired) electrons. The molecule has 0 aliphatic carbocycles. The minimum Gasteiger partial charge on any atom is -0.459 e. The smallest absolute Gasteiger partial charge is 0.290 e. The van der Waals surface area contributed by atoms with Crippen LogP contribution in [0.15, 0.2) is 87.3 Å². The maximum Gasteiger partial charge on any atom is 0.290 e. The molecule has 0 aliphatic heterocycles. The molecule has 5 aromatic rings. The van der Waals surface area contributed by atoms with E-state index in [1.165, 1.54) is 10.5 Å².